The summed E-state index contributed by atoms with van der Waals surface area (Å²) >= 11 is 0. The molecule has 1 unspecified atom stereocenters. The second-order valence-corrected chi connectivity index (χ2v) is 11.9. The number of sulfone groups is 1. The number of carbonyl (C=O) groups is 1. The summed E-state index contributed by atoms with van der Waals surface area (Å²) in [5, 5.41) is 8.57. The number of hydrogen-bond donors (Lipinski definition) is 1. The monoisotopic (exact) mass is 512 g/mol. The van der Waals surface area contributed by atoms with Crippen molar-refractivity contribution in [1.82, 2.24) is 20.1 Å². The zero-order chi connectivity index (χ0) is 25.4. The summed E-state index contributed by atoms with van der Waals surface area (Å²) < 4.78 is 37.0. The van der Waals surface area contributed by atoms with E-state index in [2.05, 4.69) is 10.4 Å². The Hall–Kier alpha value is -3.14. The number of nitrogens with one attached hydrogen (secondary N) is 1. The van der Waals surface area contributed by atoms with Crippen molar-refractivity contribution in [1.29, 1.82) is 0 Å². The maximum atomic E-state index is 13.6. The Kier molecular flexibility index (Phi) is 6.63. The molecule has 192 valence electrons. The molecule has 1 aliphatic carbocycles. The van der Waals surface area contributed by atoms with Crippen LogP contribution in [0, 0.1) is 6.92 Å². The average Bonchev–Trinajstić information content (AvgIpc) is 3.42. The Morgan fingerprint density at radius 2 is 1.81 bits per heavy atom. The normalized spacial score (nSPS) is 19.9. The lowest BCUT2D eigenvalue weighted by Crippen LogP contribution is -2.36. The highest BCUT2D eigenvalue weighted by Gasteiger charge is 2.33. The van der Waals surface area contributed by atoms with Gasteiger partial charge in [-0.1, -0.05) is 19.3 Å². The second kappa shape index (κ2) is 9.72. The molecular weight excluding hydrogens is 480 g/mol. The predicted molar refractivity (Wildman–Crippen MR) is 137 cm³/mol. The topological polar surface area (TPSA) is 112 Å². The third-order valence-corrected chi connectivity index (χ3v) is 9.01. The van der Waals surface area contributed by atoms with Gasteiger partial charge in [0.2, 0.25) is 0 Å². The van der Waals surface area contributed by atoms with Crippen LogP contribution in [-0.4, -0.2) is 60.9 Å². The Labute approximate surface area is 211 Å². The van der Waals surface area contributed by atoms with Crippen molar-refractivity contribution in [3.05, 3.63) is 35.5 Å². The van der Waals surface area contributed by atoms with Crippen LogP contribution in [0.5, 0.6) is 11.5 Å². The minimum Gasteiger partial charge on any atom is -0.493 e. The van der Waals surface area contributed by atoms with E-state index >= 15 is 0 Å². The summed E-state index contributed by atoms with van der Waals surface area (Å²) in [6, 6.07) is 7.12. The molecule has 5 rings (SSSR count). The van der Waals surface area contributed by atoms with Crippen molar-refractivity contribution in [2.75, 3.05) is 25.7 Å². The molecule has 1 saturated carbocycles. The lowest BCUT2D eigenvalue weighted by Gasteiger charge is -2.23. The van der Waals surface area contributed by atoms with Gasteiger partial charge in [0.05, 0.1) is 54.1 Å². The molecule has 1 aromatic carbocycles. The van der Waals surface area contributed by atoms with E-state index in [1.54, 1.807) is 31.0 Å². The molecular formula is C26H32N4O5S. The summed E-state index contributed by atoms with van der Waals surface area (Å²) in [6.07, 6.45) is 5.85. The summed E-state index contributed by atoms with van der Waals surface area (Å²) in [6.45, 7) is 1.84. The molecule has 2 fully saturated rings. The number of amides is 1. The number of pyridine rings is 1. The van der Waals surface area contributed by atoms with E-state index < -0.39 is 9.84 Å². The largest absolute Gasteiger partial charge is 0.493 e. The highest BCUT2D eigenvalue weighted by Crippen LogP contribution is 2.35. The molecule has 9 nitrogen and oxygen atoms in total. The van der Waals surface area contributed by atoms with E-state index in [1.165, 1.54) is 6.42 Å². The number of benzene rings is 1. The fourth-order valence-corrected chi connectivity index (χ4v) is 7.06. The minimum atomic E-state index is -3.13. The summed E-state index contributed by atoms with van der Waals surface area (Å²) in [5.41, 5.74) is 3.02. The van der Waals surface area contributed by atoms with Gasteiger partial charge in [0.1, 0.15) is 0 Å². The lowest BCUT2D eigenvalue weighted by atomic mass is 9.95. The number of aryl methyl sites for hydroxylation is 1. The Bertz CT molecular complexity index is 1410. The fraction of sp³-hybridized carbons (Fsp3) is 0.500. The minimum absolute atomic E-state index is 0.0229. The first-order valence-electron chi connectivity index (χ1n) is 12.4. The summed E-state index contributed by atoms with van der Waals surface area (Å²) in [7, 11) is 0.0197. The summed E-state index contributed by atoms with van der Waals surface area (Å²) in [4.78, 5) is 18.5. The third-order valence-electron chi connectivity index (χ3n) is 7.26. The Balaban J connectivity index is 1.65. The number of methoxy groups -OCH3 is 2. The van der Waals surface area contributed by atoms with Crippen molar-refractivity contribution in [2.24, 2.45) is 0 Å². The van der Waals surface area contributed by atoms with Gasteiger partial charge in [-0.3, -0.25) is 4.79 Å². The molecule has 3 aromatic rings. The number of rotatable bonds is 6. The van der Waals surface area contributed by atoms with Crippen LogP contribution in [-0.2, 0) is 9.84 Å². The molecule has 36 heavy (non-hydrogen) atoms. The van der Waals surface area contributed by atoms with E-state index in [0.717, 1.165) is 31.2 Å². The van der Waals surface area contributed by atoms with Crippen LogP contribution in [0.4, 0.5) is 0 Å². The van der Waals surface area contributed by atoms with Crippen LogP contribution >= 0.6 is 0 Å². The molecule has 1 aliphatic heterocycles. The SMILES string of the molecule is COc1ccc(-c2cc(C(=O)NC3CCCCC3)c3c(C)nn(C4CCS(=O)(=O)C4)c3n2)cc1OC. The van der Waals surface area contributed by atoms with E-state index in [9.17, 15) is 13.2 Å². The average molecular weight is 513 g/mol. The zero-order valence-electron chi connectivity index (χ0n) is 20.9. The van der Waals surface area contributed by atoms with Gasteiger partial charge in [-0.25, -0.2) is 18.1 Å². The number of fused-ring (bicyclic) bond motifs is 1. The van der Waals surface area contributed by atoms with Crippen LogP contribution in [0.2, 0.25) is 0 Å². The van der Waals surface area contributed by atoms with Gasteiger partial charge in [-0.2, -0.15) is 5.10 Å². The van der Waals surface area contributed by atoms with E-state index in [-0.39, 0.29) is 29.5 Å². The van der Waals surface area contributed by atoms with E-state index in [0.29, 0.717) is 45.9 Å². The van der Waals surface area contributed by atoms with Gasteiger partial charge in [0, 0.05) is 11.6 Å². The number of carbonyl (C=O) groups excluding carboxylic acids is 1. The maximum Gasteiger partial charge on any atom is 0.252 e. The standard InChI is InChI=1S/C26H32N4O5S/c1-16-24-20(26(31)27-18-7-5-4-6-8-18)14-21(17-9-10-22(34-2)23(13-17)35-3)28-25(24)30(29-16)19-11-12-36(32,33)15-19/h9-10,13-14,18-19H,4-8,11-12,15H2,1-3H3,(H,27,31). The van der Waals surface area contributed by atoms with Crippen molar-refractivity contribution in [2.45, 2.75) is 57.5 Å². The highest BCUT2D eigenvalue weighted by atomic mass is 32.2. The quantitative estimate of drug-likeness (QED) is 0.534. The first-order chi connectivity index (χ1) is 17.3. The summed E-state index contributed by atoms with van der Waals surface area (Å²) in [5.74, 6) is 1.14. The lowest BCUT2D eigenvalue weighted by molar-refractivity contribution is 0.0929. The van der Waals surface area contributed by atoms with Crippen LogP contribution in [0.25, 0.3) is 22.3 Å². The van der Waals surface area contributed by atoms with Crippen molar-refractivity contribution in [3.63, 3.8) is 0 Å². The van der Waals surface area contributed by atoms with Crippen molar-refractivity contribution >= 4 is 26.8 Å². The fourth-order valence-electron chi connectivity index (χ4n) is 5.37. The van der Waals surface area contributed by atoms with Gasteiger partial charge in [-0.05, 0) is 50.5 Å². The Morgan fingerprint density at radius 3 is 2.47 bits per heavy atom. The Morgan fingerprint density at radius 1 is 1.06 bits per heavy atom. The molecule has 0 spiro atoms. The molecule has 3 heterocycles. The van der Waals surface area contributed by atoms with Crippen LogP contribution in [0.3, 0.4) is 0 Å². The van der Waals surface area contributed by atoms with Crippen molar-refractivity contribution < 1.29 is 22.7 Å². The first-order valence-corrected chi connectivity index (χ1v) is 14.3. The molecule has 2 aliphatic rings. The first kappa shape index (κ1) is 24.5. The van der Waals surface area contributed by atoms with Crippen LogP contribution < -0.4 is 14.8 Å². The molecule has 1 N–H and O–H groups in total. The molecule has 0 bridgehead atoms. The number of ether oxygens (including phenoxy) is 2. The molecule has 2 aromatic heterocycles. The van der Waals surface area contributed by atoms with Gasteiger partial charge in [0.25, 0.3) is 5.91 Å². The smallest absolute Gasteiger partial charge is 0.252 e. The van der Waals surface area contributed by atoms with Crippen LogP contribution in [0.1, 0.15) is 60.6 Å². The van der Waals surface area contributed by atoms with Gasteiger partial charge >= 0.3 is 0 Å². The predicted octanol–water partition coefficient (Wildman–Crippen LogP) is 3.85. The molecule has 1 atom stereocenters. The highest BCUT2D eigenvalue weighted by molar-refractivity contribution is 7.91. The van der Waals surface area contributed by atoms with Gasteiger partial charge < -0.3 is 14.8 Å². The molecule has 0 radical (unpaired) electrons. The van der Waals surface area contributed by atoms with Gasteiger partial charge in [0.15, 0.2) is 27.0 Å². The third kappa shape index (κ3) is 4.66. The molecule has 1 saturated heterocycles. The van der Waals surface area contributed by atoms with Crippen molar-refractivity contribution in [3.8, 4) is 22.8 Å². The zero-order valence-corrected chi connectivity index (χ0v) is 21.7. The maximum absolute atomic E-state index is 13.6. The van der Waals surface area contributed by atoms with E-state index in [1.807, 2.05) is 19.1 Å². The second-order valence-electron chi connectivity index (χ2n) is 9.72. The number of aromatic nitrogens is 3. The number of nitrogens with zero attached hydrogens (tertiary/aromatic N) is 3. The van der Waals surface area contributed by atoms with Crippen LogP contribution in [0.15, 0.2) is 24.3 Å². The van der Waals surface area contributed by atoms with Gasteiger partial charge in [-0.15, -0.1) is 0 Å². The molecule has 1 amide bonds. The van der Waals surface area contributed by atoms with E-state index in [4.69, 9.17) is 14.5 Å². The molecule has 10 heteroatoms. The number of hydrogen-bond acceptors (Lipinski definition) is 7.